The van der Waals surface area contributed by atoms with Crippen molar-refractivity contribution in [3.63, 3.8) is 0 Å². The minimum Gasteiger partial charge on any atom is -0.438 e. The first-order valence-corrected chi connectivity index (χ1v) is 8.84. The molecule has 3 nitrogen and oxygen atoms in total. The fraction of sp³-hybridized carbons (Fsp3) is 0.333. The van der Waals surface area contributed by atoms with Gasteiger partial charge in [-0.25, -0.2) is 9.97 Å². The van der Waals surface area contributed by atoms with Crippen molar-refractivity contribution in [3.8, 4) is 11.6 Å². The van der Waals surface area contributed by atoms with Gasteiger partial charge in [0.2, 0.25) is 5.88 Å². The van der Waals surface area contributed by atoms with E-state index in [0.29, 0.717) is 11.8 Å². The van der Waals surface area contributed by atoms with E-state index >= 15 is 0 Å². The Morgan fingerprint density at radius 1 is 1.24 bits per heavy atom. The van der Waals surface area contributed by atoms with Gasteiger partial charge in [-0.15, -0.1) is 11.3 Å². The smallest absolute Gasteiger partial charge is 0.416 e. The monoisotopic (exact) mass is 364 g/mol. The van der Waals surface area contributed by atoms with E-state index in [1.54, 1.807) is 11.3 Å². The number of benzene rings is 1. The van der Waals surface area contributed by atoms with Gasteiger partial charge in [0.1, 0.15) is 16.9 Å². The highest BCUT2D eigenvalue weighted by atomic mass is 32.1. The molecule has 0 amide bonds. The zero-order chi connectivity index (χ0) is 17.6. The largest absolute Gasteiger partial charge is 0.438 e. The van der Waals surface area contributed by atoms with Crippen LogP contribution in [0.2, 0.25) is 0 Å². The lowest BCUT2D eigenvalue weighted by molar-refractivity contribution is -0.137. The van der Waals surface area contributed by atoms with E-state index in [9.17, 15) is 13.2 Å². The summed E-state index contributed by atoms with van der Waals surface area (Å²) in [6.45, 7) is 2.22. The fourth-order valence-corrected chi connectivity index (χ4v) is 4.51. The third kappa shape index (κ3) is 3.08. The molecule has 0 spiro atoms. The Balaban J connectivity index is 1.75. The molecule has 1 aromatic carbocycles. The molecule has 1 aliphatic carbocycles. The second-order valence-corrected chi connectivity index (χ2v) is 7.42. The lowest BCUT2D eigenvalue weighted by atomic mass is 9.89. The molecule has 0 saturated heterocycles. The first-order valence-electron chi connectivity index (χ1n) is 8.02. The van der Waals surface area contributed by atoms with Crippen molar-refractivity contribution in [1.82, 2.24) is 9.97 Å². The van der Waals surface area contributed by atoms with Gasteiger partial charge in [0.05, 0.1) is 10.9 Å². The third-order valence-corrected chi connectivity index (χ3v) is 5.60. The third-order valence-electron chi connectivity index (χ3n) is 4.43. The van der Waals surface area contributed by atoms with Crippen LogP contribution in [-0.4, -0.2) is 9.97 Å². The molecule has 3 aromatic rings. The molecule has 7 heteroatoms. The van der Waals surface area contributed by atoms with Crippen LogP contribution in [0.1, 0.15) is 29.3 Å². The summed E-state index contributed by atoms with van der Waals surface area (Å²) in [6.07, 6.45) is -0.00634. The molecule has 0 saturated carbocycles. The predicted molar refractivity (Wildman–Crippen MR) is 90.1 cm³/mol. The fourth-order valence-electron chi connectivity index (χ4n) is 3.17. The van der Waals surface area contributed by atoms with E-state index in [1.807, 2.05) is 0 Å². The first kappa shape index (κ1) is 16.3. The van der Waals surface area contributed by atoms with Crippen molar-refractivity contribution >= 4 is 21.6 Å². The van der Waals surface area contributed by atoms with Gasteiger partial charge in [0, 0.05) is 4.88 Å². The Hall–Kier alpha value is -2.15. The Bertz CT molecular complexity index is 936. The quantitative estimate of drug-likeness (QED) is 0.591. The van der Waals surface area contributed by atoms with E-state index in [4.69, 9.17) is 4.74 Å². The van der Waals surface area contributed by atoms with Crippen LogP contribution in [0.25, 0.3) is 10.2 Å². The number of fused-ring (bicyclic) bond motifs is 3. The Labute approximate surface area is 146 Å². The van der Waals surface area contributed by atoms with Gasteiger partial charge in [-0.3, -0.25) is 0 Å². The number of aryl methyl sites for hydroxylation is 1. The maximum atomic E-state index is 12.9. The van der Waals surface area contributed by atoms with Gasteiger partial charge < -0.3 is 4.74 Å². The number of alkyl halides is 3. The van der Waals surface area contributed by atoms with Crippen LogP contribution >= 0.6 is 11.3 Å². The predicted octanol–water partition coefficient (Wildman–Crippen LogP) is 5.63. The highest BCUT2D eigenvalue weighted by molar-refractivity contribution is 7.18. The van der Waals surface area contributed by atoms with E-state index in [2.05, 4.69) is 16.9 Å². The Morgan fingerprint density at radius 2 is 2.08 bits per heavy atom. The minimum atomic E-state index is -4.40. The molecular formula is C18H15F3N2OS. The molecule has 0 fully saturated rings. The average Bonchev–Trinajstić information content (AvgIpc) is 2.92. The summed E-state index contributed by atoms with van der Waals surface area (Å²) in [5, 5.41) is 0.840. The molecule has 2 aromatic heterocycles. The molecule has 130 valence electrons. The summed E-state index contributed by atoms with van der Waals surface area (Å²) in [5.41, 5.74) is 0.442. The van der Waals surface area contributed by atoms with Gasteiger partial charge in [0.15, 0.2) is 0 Å². The molecule has 0 N–H and O–H groups in total. The molecule has 1 aliphatic rings. The Kier molecular flexibility index (Phi) is 3.91. The summed E-state index contributed by atoms with van der Waals surface area (Å²) >= 11 is 1.62. The van der Waals surface area contributed by atoms with E-state index in [-0.39, 0.29) is 5.75 Å². The van der Waals surface area contributed by atoms with E-state index in [0.717, 1.165) is 41.6 Å². The molecule has 0 radical (unpaired) electrons. The molecule has 1 unspecified atom stereocenters. The Morgan fingerprint density at radius 3 is 2.88 bits per heavy atom. The SMILES string of the molecule is CC1CCc2c(sc3ncnc(Oc4cccc(C(F)(F)F)c4)c23)C1. The number of nitrogens with zero attached hydrogens (tertiary/aromatic N) is 2. The van der Waals surface area contributed by atoms with Gasteiger partial charge >= 0.3 is 6.18 Å². The summed E-state index contributed by atoms with van der Waals surface area (Å²) in [6, 6.07) is 4.86. The normalized spacial score (nSPS) is 17.5. The van der Waals surface area contributed by atoms with Crippen molar-refractivity contribution in [1.29, 1.82) is 0 Å². The van der Waals surface area contributed by atoms with Crippen LogP contribution in [0.4, 0.5) is 13.2 Å². The zero-order valence-corrected chi connectivity index (χ0v) is 14.2. The van der Waals surface area contributed by atoms with E-state index in [1.165, 1.54) is 28.9 Å². The molecule has 1 atom stereocenters. The van der Waals surface area contributed by atoms with Crippen LogP contribution in [-0.2, 0) is 19.0 Å². The summed E-state index contributed by atoms with van der Waals surface area (Å²) in [7, 11) is 0. The standard InChI is InChI=1S/C18H15F3N2OS/c1-10-5-6-13-14(7-10)25-17-15(13)16(22-9-23-17)24-12-4-2-3-11(8-12)18(19,20)21/h2-4,8-10H,5-7H2,1H3. The van der Waals surface area contributed by atoms with Crippen molar-refractivity contribution in [2.24, 2.45) is 5.92 Å². The molecule has 0 aliphatic heterocycles. The number of halogens is 3. The number of aromatic nitrogens is 2. The van der Waals surface area contributed by atoms with Crippen LogP contribution in [0, 0.1) is 5.92 Å². The van der Waals surface area contributed by atoms with Crippen LogP contribution in [0.5, 0.6) is 11.6 Å². The maximum absolute atomic E-state index is 12.9. The van der Waals surface area contributed by atoms with E-state index < -0.39 is 11.7 Å². The van der Waals surface area contributed by atoms with Gasteiger partial charge in [-0.2, -0.15) is 13.2 Å². The van der Waals surface area contributed by atoms with Crippen molar-refractivity contribution < 1.29 is 17.9 Å². The lowest BCUT2D eigenvalue weighted by Crippen LogP contribution is -2.08. The summed E-state index contributed by atoms with van der Waals surface area (Å²) in [5.74, 6) is 1.08. The number of rotatable bonds is 2. The number of ether oxygens (including phenoxy) is 1. The van der Waals surface area contributed by atoms with Gasteiger partial charge in [-0.1, -0.05) is 13.0 Å². The van der Waals surface area contributed by atoms with Gasteiger partial charge in [-0.05, 0) is 48.9 Å². The number of hydrogen-bond donors (Lipinski definition) is 0. The van der Waals surface area contributed by atoms with Gasteiger partial charge in [0.25, 0.3) is 0 Å². The minimum absolute atomic E-state index is 0.124. The second-order valence-electron chi connectivity index (χ2n) is 6.34. The summed E-state index contributed by atoms with van der Waals surface area (Å²) < 4.78 is 44.4. The summed E-state index contributed by atoms with van der Waals surface area (Å²) in [4.78, 5) is 10.6. The number of thiophene rings is 1. The molecular weight excluding hydrogens is 349 g/mol. The highest BCUT2D eigenvalue weighted by Gasteiger charge is 2.31. The van der Waals surface area contributed by atoms with Crippen molar-refractivity contribution in [3.05, 3.63) is 46.6 Å². The number of hydrogen-bond acceptors (Lipinski definition) is 4. The topological polar surface area (TPSA) is 35.0 Å². The average molecular weight is 364 g/mol. The molecule has 0 bridgehead atoms. The van der Waals surface area contributed by atoms with Crippen LogP contribution < -0.4 is 4.74 Å². The van der Waals surface area contributed by atoms with Crippen molar-refractivity contribution in [2.75, 3.05) is 0 Å². The molecule has 25 heavy (non-hydrogen) atoms. The van der Waals surface area contributed by atoms with Crippen molar-refractivity contribution in [2.45, 2.75) is 32.4 Å². The maximum Gasteiger partial charge on any atom is 0.416 e. The first-order chi connectivity index (χ1) is 11.9. The molecule has 2 heterocycles. The highest BCUT2D eigenvalue weighted by Crippen LogP contribution is 2.41. The van der Waals surface area contributed by atoms with Crippen LogP contribution in [0.3, 0.4) is 0 Å². The van der Waals surface area contributed by atoms with Crippen LogP contribution in [0.15, 0.2) is 30.6 Å². The lowest BCUT2D eigenvalue weighted by Gasteiger charge is -2.18. The zero-order valence-electron chi connectivity index (χ0n) is 13.4. The second kappa shape index (κ2) is 5.98. The molecule has 4 rings (SSSR count).